The number of halogens is 1. The number of aromatic hydroxyl groups is 1. The molecule has 1 aromatic carbocycles. The summed E-state index contributed by atoms with van der Waals surface area (Å²) in [6, 6.07) is 1.04. The summed E-state index contributed by atoms with van der Waals surface area (Å²) in [4.78, 5) is 9.68. The SMILES string of the molecule is CS(=O)(=O)c1cc(O)c(C(O)C(=O)O)cc1F. The first-order chi connectivity index (χ1) is 7.64. The molecule has 1 unspecified atom stereocenters. The highest BCUT2D eigenvalue weighted by Gasteiger charge is 2.24. The summed E-state index contributed by atoms with van der Waals surface area (Å²) in [7, 11) is -3.88. The molecule has 3 N–H and O–H groups in total. The Hall–Kier alpha value is -1.67. The van der Waals surface area contributed by atoms with E-state index in [9.17, 15) is 22.7 Å². The Bertz CT molecular complexity index is 565. The van der Waals surface area contributed by atoms with E-state index < -0.39 is 43.9 Å². The number of carboxylic acids is 1. The average Bonchev–Trinajstić information content (AvgIpc) is 2.18. The zero-order valence-electron chi connectivity index (χ0n) is 8.58. The van der Waals surface area contributed by atoms with Gasteiger partial charge in [0.25, 0.3) is 0 Å². The molecule has 0 radical (unpaired) electrons. The minimum absolute atomic E-state index is 0.477. The lowest BCUT2D eigenvalue weighted by molar-refractivity contribution is -0.147. The number of rotatable bonds is 3. The van der Waals surface area contributed by atoms with Crippen molar-refractivity contribution in [1.29, 1.82) is 0 Å². The number of benzene rings is 1. The van der Waals surface area contributed by atoms with Crippen molar-refractivity contribution in [1.82, 2.24) is 0 Å². The van der Waals surface area contributed by atoms with Crippen molar-refractivity contribution < 1.29 is 32.9 Å². The van der Waals surface area contributed by atoms with Gasteiger partial charge in [-0.1, -0.05) is 0 Å². The largest absolute Gasteiger partial charge is 0.508 e. The zero-order valence-corrected chi connectivity index (χ0v) is 9.40. The third-order valence-electron chi connectivity index (χ3n) is 2.01. The lowest BCUT2D eigenvalue weighted by Gasteiger charge is -2.10. The highest BCUT2D eigenvalue weighted by molar-refractivity contribution is 7.90. The van der Waals surface area contributed by atoms with E-state index in [1.165, 1.54) is 0 Å². The van der Waals surface area contributed by atoms with Crippen LogP contribution in [0.3, 0.4) is 0 Å². The van der Waals surface area contributed by atoms with Crippen LogP contribution in [-0.2, 0) is 14.6 Å². The number of aliphatic hydroxyl groups is 1. The van der Waals surface area contributed by atoms with E-state index in [0.717, 1.165) is 6.26 Å². The number of carboxylic acid groups (broad SMARTS) is 1. The van der Waals surface area contributed by atoms with Crippen molar-refractivity contribution in [3.05, 3.63) is 23.5 Å². The van der Waals surface area contributed by atoms with Gasteiger partial charge in [0.2, 0.25) is 0 Å². The fourth-order valence-electron chi connectivity index (χ4n) is 1.19. The molecule has 17 heavy (non-hydrogen) atoms. The summed E-state index contributed by atoms with van der Waals surface area (Å²) < 4.78 is 35.5. The van der Waals surface area contributed by atoms with Crippen LogP contribution in [0, 0.1) is 5.82 Å². The molecule has 0 saturated carbocycles. The van der Waals surface area contributed by atoms with Crippen LogP contribution in [0.5, 0.6) is 5.75 Å². The summed E-state index contributed by atoms with van der Waals surface area (Å²) in [6.45, 7) is 0. The molecule has 1 atom stereocenters. The molecule has 1 aromatic rings. The molecule has 8 heteroatoms. The molecule has 0 aromatic heterocycles. The van der Waals surface area contributed by atoms with E-state index >= 15 is 0 Å². The minimum Gasteiger partial charge on any atom is -0.508 e. The molecule has 0 saturated heterocycles. The summed E-state index contributed by atoms with van der Waals surface area (Å²) in [5.74, 6) is -3.73. The summed E-state index contributed by atoms with van der Waals surface area (Å²) in [6.07, 6.45) is -1.39. The van der Waals surface area contributed by atoms with E-state index in [-0.39, 0.29) is 0 Å². The normalized spacial score (nSPS) is 13.4. The van der Waals surface area contributed by atoms with Gasteiger partial charge < -0.3 is 15.3 Å². The summed E-state index contributed by atoms with van der Waals surface area (Å²) in [5, 5.41) is 26.9. The van der Waals surface area contributed by atoms with Gasteiger partial charge in [-0.05, 0) is 6.07 Å². The number of hydrogen-bond acceptors (Lipinski definition) is 5. The molecule has 1 rings (SSSR count). The van der Waals surface area contributed by atoms with Crippen LogP contribution < -0.4 is 0 Å². The quantitative estimate of drug-likeness (QED) is 0.711. The van der Waals surface area contributed by atoms with Crippen LogP contribution in [-0.4, -0.2) is 36.0 Å². The molecule has 94 valence electrons. The molecule has 0 aliphatic rings. The van der Waals surface area contributed by atoms with Gasteiger partial charge in [-0.15, -0.1) is 0 Å². The average molecular weight is 264 g/mol. The number of hydrogen-bond donors (Lipinski definition) is 3. The van der Waals surface area contributed by atoms with Crippen LogP contribution in [0.15, 0.2) is 17.0 Å². The van der Waals surface area contributed by atoms with Gasteiger partial charge in [-0.2, -0.15) is 0 Å². The van der Waals surface area contributed by atoms with Gasteiger partial charge in [0.15, 0.2) is 15.9 Å². The van der Waals surface area contributed by atoms with Gasteiger partial charge in [0.05, 0.1) is 0 Å². The first-order valence-electron chi connectivity index (χ1n) is 4.28. The topological polar surface area (TPSA) is 112 Å². The van der Waals surface area contributed by atoms with Crippen LogP contribution in [0.2, 0.25) is 0 Å². The molecule has 0 aliphatic heterocycles. The van der Waals surface area contributed by atoms with Crippen LogP contribution >= 0.6 is 0 Å². The fraction of sp³-hybridized carbons (Fsp3) is 0.222. The Balaban J connectivity index is 3.43. The molecule has 0 amide bonds. The van der Waals surface area contributed by atoms with Crippen LogP contribution in [0.4, 0.5) is 4.39 Å². The van der Waals surface area contributed by atoms with Gasteiger partial charge in [-0.25, -0.2) is 17.6 Å². The highest BCUT2D eigenvalue weighted by atomic mass is 32.2. The molecule has 0 aliphatic carbocycles. The van der Waals surface area contributed by atoms with E-state index in [2.05, 4.69) is 0 Å². The molecule has 0 heterocycles. The molecule has 0 spiro atoms. The van der Waals surface area contributed by atoms with Gasteiger partial charge in [0.1, 0.15) is 16.5 Å². The maximum absolute atomic E-state index is 13.4. The lowest BCUT2D eigenvalue weighted by atomic mass is 10.1. The Labute approximate surface area is 95.9 Å². The lowest BCUT2D eigenvalue weighted by Crippen LogP contribution is -2.12. The smallest absolute Gasteiger partial charge is 0.337 e. The summed E-state index contributed by atoms with van der Waals surface area (Å²) >= 11 is 0. The van der Waals surface area contributed by atoms with Crippen LogP contribution in [0.1, 0.15) is 11.7 Å². The monoisotopic (exact) mass is 264 g/mol. The van der Waals surface area contributed by atoms with Crippen molar-refractivity contribution in [2.24, 2.45) is 0 Å². The predicted molar refractivity (Wildman–Crippen MR) is 53.8 cm³/mol. The Morgan fingerprint density at radius 1 is 1.41 bits per heavy atom. The Kier molecular flexibility index (Phi) is 3.39. The van der Waals surface area contributed by atoms with E-state index in [1.54, 1.807) is 0 Å². The second kappa shape index (κ2) is 4.30. The number of phenolic OH excluding ortho intramolecular Hbond substituents is 1. The highest BCUT2D eigenvalue weighted by Crippen LogP contribution is 2.29. The Morgan fingerprint density at radius 2 is 1.94 bits per heavy atom. The number of phenols is 1. The molecule has 0 bridgehead atoms. The van der Waals surface area contributed by atoms with Crippen molar-refractivity contribution >= 4 is 15.8 Å². The van der Waals surface area contributed by atoms with Gasteiger partial charge >= 0.3 is 5.97 Å². The maximum Gasteiger partial charge on any atom is 0.337 e. The second-order valence-electron chi connectivity index (χ2n) is 3.35. The molecular weight excluding hydrogens is 255 g/mol. The molecule has 0 fully saturated rings. The van der Waals surface area contributed by atoms with Crippen LogP contribution in [0.25, 0.3) is 0 Å². The standard InChI is InChI=1S/C9H9FO6S/c1-17(15,16)7-3-6(11)4(2-5(7)10)8(12)9(13)14/h2-3,8,11-12H,1H3,(H,13,14). The molecular formula is C9H9FO6S. The third-order valence-corrected chi connectivity index (χ3v) is 3.12. The fourth-order valence-corrected chi connectivity index (χ4v) is 1.93. The number of carbonyl (C=O) groups is 1. The van der Waals surface area contributed by atoms with Crippen molar-refractivity contribution in [3.8, 4) is 5.75 Å². The third kappa shape index (κ3) is 2.71. The minimum atomic E-state index is -3.88. The maximum atomic E-state index is 13.4. The number of aliphatic hydroxyl groups excluding tert-OH is 1. The molecule has 6 nitrogen and oxygen atoms in total. The first kappa shape index (κ1) is 13.4. The first-order valence-corrected chi connectivity index (χ1v) is 6.17. The number of aliphatic carboxylic acids is 1. The van der Waals surface area contributed by atoms with Crippen molar-refractivity contribution in [2.45, 2.75) is 11.0 Å². The van der Waals surface area contributed by atoms with Crippen molar-refractivity contribution in [3.63, 3.8) is 0 Å². The second-order valence-corrected chi connectivity index (χ2v) is 5.34. The Morgan fingerprint density at radius 3 is 2.35 bits per heavy atom. The van der Waals surface area contributed by atoms with E-state index in [1.807, 2.05) is 0 Å². The zero-order chi connectivity index (χ0) is 13.4. The van der Waals surface area contributed by atoms with Gasteiger partial charge in [-0.3, -0.25) is 0 Å². The van der Waals surface area contributed by atoms with E-state index in [4.69, 9.17) is 10.2 Å². The van der Waals surface area contributed by atoms with Gasteiger partial charge in [0, 0.05) is 17.9 Å². The summed E-state index contributed by atoms with van der Waals surface area (Å²) in [5.41, 5.74) is -0.609. The van der Waals surface area contributed by atoms with E-state index in [0.29, 0.717) is 12.1 Å². The number of sulfone groups is 1. The van der Waals surface area contributed by atoms with Crippen molar-refractivity contribution in [2.75, 3.05) is 6.26 Å². The predicted octanol–water partition coefficient (Wildman–Crippen LogP) is 0.0528.